The Kier molecular flexibility index (Phi) is 6.41. The molecular weight excluding hydrogens is 416 g/mol. The molecule has 0 aliphatic heterocycles. The molecule has 1 amide bonds. The Morgan fingerprint density at radius 3 is 2.13 bits per heavy atom. The lowest BCUT2D eigenvalue weighted by Crippen LogP contribution is -2.15. The fourth-order valence-corrected chi connectivity index (χ4v) is 4.04. The summed E-state index contributed by atoms with van der Waals surface area (Å²) in [7, 11) is -2.41. The summed E-state index contributed by atoms with van der Waals surface area (Å²) in [6, 6.07) is 17.4. The van der Waals surface area contributed by atoms with Crippen LogP contribution in [0.2, 0.25) is 0 Å². The van der Waals surface area contributed by atoms with Crippen molar-refractivity contribution in [2.24, 2.45) is 0 Å². The maximum atomic E-state index is 12.6. The molecule has 0 atom stereocenters. The smallest absolute Gasteiger partial charge is 0.338 e. The fraction of sp³-hybridized carbons (Fsp3) is 0.130. The lowest BCUT2D eigenvalue weighted by Gasteiger charge is -2.12. The number of methoxy groups -OCH3 is 1. The number of ether oxygens (including phenoxy) is 1. The van der Waals surface area contributed by atoms with Crippen molar-refractivity contribution in [1.82, 2.24) is 0 Å². The summed E-state index contributed by atoms with van der Waals surface area (Å²) in [6.45, 7) is 3.65. The molecule has 31 heavy (non-hydrogen) atoms. The summed E-state index contributed by atoms with van der Waals surface area (Å²) >= 11 is 0. The minimum Gasteiger partial charge on any atom is -0.465 e. The summed E-state index contributed by atoms with van der Waals surface area (Å²) < 4.78 is 32.1. The van der Waals surface area contributed by atoms with E-state index < -0.39 is 21.9 Å². The number of hydrogen-bond acceptors (Lipinski definition) is 5. The summed E-state index contributed by atoms with van der Waals surface area (Å²) in [6.07, 6.45) is 0. The van der Waals surface area contributed by atoms with Gasteiger partial charge in [0, 0.05) is 16.9 Å². The van der Waals surface area contributed by atoms with E-state index in [1.807, 2.05) is 13.8 Å². The molecule has 160 valence electrons. The number of carbonyl (C=O) groups excluding carboxylic acids is 2. The van der Waals surface area contributed by atoms with Gasteiger partial charge in [-0.1, -0.05) is 18.2 Å². The maximum Gasteiger partial charge on any atom is 0.338 e. The highest BCUT2D eigenvalue weighted by atomic mass is 32.2. The van der Waals surface area contributed by atoms with Crippen molar-refractivity contribution in [2.45, 2.75) is 18.7 Å². The quantitative estimate of drug-likeness (QED) is 0.563. The molecule has 0 bridgehead atoms. The van der Waals surface area contributed by atoms with E-state index in [4.69, 9.17) is 4.74 Å². The first-order valence-electron chi connectivity index (χ1n) is 9.40. The number of anilines is 2. The van der Waals surface area contributed by atoms with E-state index in [0.29, 0.717) is 22.5 Å². The molecule has 2 N–H and O–H groups in total. The minimum atomic E-state index is -3.71. The Hall–Kier alpha value is -3.65. The first-order valence-corrected chi connectivity index (χ1v) is 10.9. The van der Waals surface area contributed by atoms with E-state index in [1.165, 1.54) is 43.5 Å². The molecule has 3 rings (SSSR count). The van der Waals surface area contributed by atoms with Crippen molar-refractivity contribution < 1.29 is 22.7 Å². The number of carbonyl (C=O) groups is 2. The molecule has 0 unspecified atom stereocenters. The fourth-order valence-electron chi connectivity index (χ4n) is 2.96. The highest BCUT2D eigenvalue weighted by Gasteiger charge is 2.16. The van der Waals surface area contributed by atoms with Gasteiger partial charge in [-0.05, 0) is 73.5 Å². The second-order valence-electron chi connectivity index (χ2n) is 6.91. The Morgan fingerprint density at radius 2 is 1.52 bits per heavy atom. The molecule has 0 saturated carbocycles. The number of benzene rings is 3. The number of aryl methyl sites for hydroxylation is 1. The molecule has 8 heteroatoms. The third-order valence-corrected chi connectivity index (χ3v) is 6.18. The number of esters is 1. The summed E-state index contributed by atoms with van der Waals surface area (Å²) in [4.78, 5) is 24.7. The lowest BCUT2D eigenvalue weighted by molar-refractivity contribution is 0.0599. The Balaban J connectivity index is 1.75. The van der Waals surface area contributed by atoms with Crippen LogP contribution in [0.3, 0.4) is 0 Å². The van der Waals surface area contributed by atoms with E-state index in [0.717, 1.165) is 11.1 Å². The summed E-state index contributed by atoms with van der Waals surface area (Å²) in [5.41, 5.74) is 3.12. The van der Waals surface area contributed by atoms with Crippen molar-refractivity contribution in [3.8, 4) is 0 Å². The van der Waals surface area contributed by atoms with Crippen molar-refractivity contribution in [1.29, 1.82) is 0 Å². The van der Waals surface area contributed by atoms with E-state index in [-0.39, 0.29) is 4.90 Å². The number of rotatable bonds is 6. The maximum absolute atomic E-state index is 12.6. The molecule has 3 aromatic carbocycles. The van der Waals surface area contributed by atoms with Gasteiger partial charge in [0.15, 0.2) is 0 Å². The van der Waals surface area contributed by atoms with Crippen molar-refractivity contribution >= 4 is 33.3 Å². The van der Waals surface area contributed by atoms with Gasteiger partial charge < -0.3 is 10.1 Å². The van der Waals surface area contributed by atoms with Gasteiger partial charge >= 0.3 is 5.97 Å². The highest BCUT2D eigenvalue weighted by molar-refractivity contribution is 7.92. The van der Waals surface area contributed by atoms with Crippen LogP contribution in [0.15, 0.2) is 71.6 Å². The molecule has 0 spiro atoms. The summed E-state index contributed by atoms with van der Waals surface area (Å²) in [5, 5.41) is 2.75. The first kappa shape index (κ1) is 22.0. The van der Waals surface area contributed by atoms with Gasteiger partial charge in [0.05, 0.1) is 17.6 Å². The van der Waals surface area contributed by atoms with Crippen molar-refractivity contribution in [2.75, 3.05) is 17.1 Å². The third kappa shape index (κ3) is 5.10. The summed E-state index contributed by atoms with van der Waals surface area (Å²) in [5.74, 6) is -0.872. The first-order chi connectivity index (χ1) is 14.7. The van der Waals surface area contributed by atoms with Crippen LogP contribution in [0.25, 0.3) is 0 Å². The van der Waals surface area contributed by atoms with E-state index in [9.17, 15) is 18.0 Å². The predicted octanol–water partition coefficient (Wildman–Crippen LogP) is 4.14. The zero-order chi connectivity index (χ0) is 22.6. The largest absolute Gasteiger partial charge is 0.465 e. The van der Waals surface area contributed by atoms with Gasteiger partial charge in [0.1, 0.15) is 0 Å². The van der Waals surface area contributed by atoms with Crippen LogP contribution >= 0.6 is 0 Å². The Labute approximate surface area is 181 Å². The van der Waals surface area contributed by atoms with E-state index in [2.05, 4.69) is 10.0 Å². The van der Waals surface area contributed by atoms with Crippen LogP contribution in [0.1, 0.15) is 31.8 Å². The minimum absolute atomic E-state index is 0.146. The second kappa shape index (κ2) is 9.01. The lowest BCUT2D eigenvalue weighted by atomic mass is 10.0. The molecule has 0 saturated heterocycles. The molecular formula is C23H22N2O5S. The number of amides is 1. The monoisotopic (exact) mass is 438 g/mol. The normalized spacial score (nSPS) is 10.9. The number of hydrogen-bond donors (Lipinski definition) is 2. The van der Waals surface area contributed by atoms with Gasteiger partial charge in [-0.3, -0.25) is 9.52 Å². The molecule has 0 aliphatic carbocycles. The van der Waals surface area contributed by atoms with Crippen LogP contribution in [-0.2, 0) is 14.8 Å². The van der Waals surface area contributed by atoms with Gasteiger partial charge in [0.25, 0.3) is 15.9 Å². The average Bonchev–Trinajstić information content (AvgIpc) is 2.76. The molecule has 0 aromatic heterocycles. The van der Waals surface area contributed by atoms with Crippen molar-refractivity contribution in [3.05, 3.63) is 89.0 Å². The van der Waals surface area contributed by atoms with Gasteiger partial charge in [-0.2, -0.15) is 0 Å². The van der Waals surface area contributed by atoms with E-state index >= 15 is 0 Å². The Bertz CT molecular complexity index is 1220. The molecule has 7 nitrogen and oxygen atoms in total. The Morgan fingerprint density at radius 1 is 0.871 bits per heavy atom. The number of sulfonamides is 1. The molecule has 0 fully saturated rings. The van der Waals surface area contributed by atoms with Crippen LogP contribution in [0.4, 0.5) is 11.4 Å². The zero-order valence-electron chi connectivity index (χ0n) is 17.3. The van der Waals surface area contributed by atoms with Crippen LogP contribution in [-0.4, -0.2) is 27.4 Å². The van der Waals surface area contributed by atoms with Crippen LogP contribution in [0.5, 0.6) is 0 Å². The number of nitrogens with one attached hydrogen (secondary N) is 2. The molecule has 0 radical (unpaired) electrons. The standard InChI is InChI=1S/C23H22N2O5S/c1-15-13-19(14-21(16(15)2)23(27)30-3)24-22(26)17-9-11-18(12-10-17)25-31(28,29)20-7-5-4-6-8-20/h4-14,25H,1-3H3,(H,24,26). The van der Waals surface area contributed by atoms with Gasteiger partial charge in [0.2, 0.25) is 0 Å². The van der Waals surface area contributed by atoms with Gasteiger partial charge in [-0.15, -0.1) is 0 Å². The second-order valence-corrected chi connectivity index (χ2v) is 8.59. The van der Waals surface area contributed by atoms with Gasteiger partial charge in [-0.25, -0.2) is 13.2 Å². The zero-order valence-corrected chi connectivity index (χ0v) is 18.1. The molecule has 0 heterocycles. The molecule has 0 aliphatic rings. The topological polar surface area (TPSA) is 102 Å². The SMILES string of the molecule is COC(=O)c1cc(NC(=O)c2ccc(NS(=O)(=O)c3ccccc3)cc2)cc(C)c1C. The van der Waals surface area contributed by atoms with Crippen molar-refractivity contribution in [3.63, 3.8) is 0 Å². The van der Waals surface area contributed by atoms with Crippen LogP contribution < -0.4 is 10.0 Å². The predicted molar refractivity (Wildman–Crippen MR) is 119 cm³/mol. The van der Waals surface area contributed by atoms with E-state index in [1.54, 1.807) is 30.3 Å². The third-order valence-electron chi connectivity index (χ3n) is 4.78. The highest BCUT2D eigenvalue weighted by Crippen LogP contribution is 2.22. The molecule has 3 aromatic rings. The van der Waals surface area contributed by atoms with Crippen LogP contribution in [0, 0.1) is 13.8 Å². The average molecular weight is 439 g/mol.